The summed E-state index contributed by atoms with van der Waals surface area (Å²) >= 11 is 12.2. The van der Waals surface area contributed by atoms with Gasteiger partial charge < -0.3 is 10.8 Å². The average Bonchev–Trinajstić information content (AvgIpc) is 2.66. The van der Waals surface area contributed by atoms with Gasteiger partial charge in [0, 0.05) is 6.07 Å². The second kappa shape index (κ2) is 4.43. The Morgan fingerprint density at radius 1 is 1.30 bits per heavy atom. The number of fused-ring (bicyclic) bond motifs is 1. The molecule has 0 amide bonds. The summed E-state index contributed by atoms with van der Waals surface area (Å²) in [6.45, 7) is 0. The van der Waals surface area contributed by atoms with Crippen molar-refractivity contribution in [1.82, 2.24) is 14.8 Å². The molecule has 3 rings (SSSR count). The SMILES string of the molecule is Nc1c2c(=O)[nH]c(O)cc2nn1-c1c(Cl)cccc1Cl. The molecule has 20 heavy (non-hydrogen) atoms. The number of pyridine rings is 1. The number of para-hydroxylation sites is 1. The second-order valence-electron chi connectivity index (χ2n) is 4.11. The lowest BCUT2D eigenvalue weighted by atomic mass is 10.3. The fraction of sp³-hybridized carbons (Fsp3) is 0. The van der Waals surface area contributed by atoms with Crippen LogP contribution in [0.3, 0.4) is 0 Å². The van der Waals surface area contributed by atoms with Crippen LogP contribution < -0.4 is 11.3 Å². The zero-order valence-electron chi connectivity index (χ0n) is 9.89. The number of nitrogens with one attached hydrogen (secondary N) is 1. The monoisotopic (exact) mass is 310 g/mol. The van der Waals surface area contributed by atoms with Gasteiger partial charge in [0.2, 0.25) is 0 Å². The van der Waals surface area contributed by atoms with E-state index < -0.39 is 5.56 Å². The van der Waals surface area contributed by atoms with Crippen molar-refractivity contribution in [2.24, 2.45) is 0 Å². The zero-order valence-corrected chi connectivity index (χ0v) is 11.4. The van der Waals surface area contributed by atoms with Crippen LogP contribution in [-0.2, 0) is 0 Å². The smallest absolute Gasteiger partial charge is 0.263 e. The maximum atomic E-state index is 11.8. The molecule has 3 aromatic rings. The highest BCUT2D eigenvalue weighted by molar-refractivity contribution is 6.37. The molecule has 6 nitrogen and oxygen atoms in total. The van der Waals surface area contributed by atoms with Gasteiger partial charge in [0.05, 0.1) is 10.0 Å². The van der Waals surface area contributed by atoms with E-state index in [9.17, 15) is 9.90 Å². The van der Waals surface area contributed by atoms with Crippen molar-refractivity contribution in [1.29, 1.82) is 0 Å². The third kappa shape index (κ3) is 1.81. The van der Waals surface area contributed by atoms with Crippen molar-refractivity contribution in [2.75, 3.05) is 5.73 Å². The second-order valence-corrected chi connectivity index (χ2v) is 4.93. The molecule has 1 aromatic carbocycles. The van der Waals surface area contributed by atoms with E-state index in [1.54, 1.807) is 18.2 Å². The van der Waals surface area contributed by atoms with Gasteiger partial charge in [-0.15, -0.1) is 0 Å². The number of aromatic amines is 1. The van der Waals surface area contributed by atoms with E-state index in [4.69, 9.17) is 28.9 Å². The van der Waals surface area contributed by atoms with Gasteiger partial charge >= 0.3 is 0 Å². The highest BCUT2D eigenvalue weighted by Crippen LogP contribution is 2.31. The van der Waals surface area contributed by atoms with Crippen molar-refractivity contribution in [3.63, 3.8) is 0 Å². The van der Waals surface area contributed by atoms with Gasteiger partial charge in [-0.1, -0.05) is 29.3 Å². The summed E-state index contributed by atoms with van der Waals surface area (Å²) in [5.41, 5.74) is 6.03. The van der Waals surface area contributed by atoms with Crippen molar-refractivity contribution in [3.05, 3.63) is 44.7 Å². The Labute approximate surface area is 122 Å². The first-order chi connectivity index (χ1) is 9.49. The Balaban J connectivity index is 2.42. The first kappa shape index (κ1) is 12.8. The summed E-state index contributed by atoms with van der Waals surface area (Å²) in [5, 5.41) is 14.4. The van der Waals surface area contributed by atoms with Gasteiger partial charge in [-0.2, -0.15) is 5.10 Å². The minimum absolute atomic E-state index is 0.0938. The number of nitrogen functional groups attached to an aromatic ring is 1. The van der Waals surface area contributed by atoms with Gasteiger partial charge in [0.25, 0.3) is 5.56 Å². The number of nitrogens with zero attached hydrogens (tertiary/aromatic N) is 2. The van der Waals surface area contributed by atoms with Crippen LogP contribution in [0.1, 0.15) is 0 Å². The molecular formula is C12H8Cl2N4O2. The van der Waals surface area contributed by atoms with Crippen LogP contribution in [0, 0.1) is 0 Å². The molecule has 0 saturated carbocycles. The highest BCUT2D eigenvalue weighted by atomic mass is 35.5. The number of H-pyrrole nitrogens is 1. The molecule has 8 heteroatoms. The predicted molar refractivity (Wildman–Crippen MR) is 77.8 cm³/mol. The largest absolute Gasteiger partial charge is 0.494 e. The van der Waals surface area contributed by atoms with Crippen molar-refractivity contribution < 1.29 is 5.11 Å². The molecular weight excluding hydrogens is 303 g/mol. The minimum Gasteiger partial charge on any atom is -0.494 e. The number of rotatable bonds is 1. The molecule has 0 unspecified atom stereocenters. The van der Waals surface area contributed by atoms with Gasteiger partial charge in [0.1, 0.15) is 22.4 Å². The maximum Gasteiger partial charge on any atom is 0.263 e. The van der Waals surface area contributed by atoms with Crippen molar-refractivity contribution in [3.8, 4) is 11.6 Å². The molecule has 0 saturated heterocycles. The van der Waals surface area contributed by atoms with E-state index >= 15 is 0 Å². The fourth-order valence-corrected chi connectivity index (χ4v) is 2.55. The first-order valence-electron chi connectivity index (χ1n) is 5.54. The van der Waals surface area contributed by atoms with Crippen LogP contribution in [-0.4, -0.2) is 19.9 Å². The van der Waals surface area contributed by atoms with Crippen LogP contribution in [0.25, 0.3) is 16.6 Å². The number of nitrogens with two attached hydrogens (primary N) is 1. The molecule has 102 valence electrons. The number of benzene rings is 1. The van der Waals surface area contributed by atoms with Gasteiger partial charge in [-0.25, -0.2) is 4.68 Å². The Bertz CT molecular complexity index is 865. The molecule has 2 heterocycles. The predicted octanol–water partition coefficient (Wildman–Crippen LogP) is 2.31. The standard InChI is InChI=1S/C12H8Cl2N4O2/c13-5-2-1-3-6(14)10(5)18-11(15)9-7(17-18)4-8(19)16-12(9)20/h1-4,19H,15H2,(H,16,20). The molecule has 2 aromatic heterocycles. The quantitative estimate of drug-likeness (QED) is 0.642. The lowest BCUT2D eigenvalue weighted by molar-refractivity contribution is 0.453. The van der Waals surface area contributed by atoms with E-state index in [0.717, 1.165) is 0 Å². The van der Waals surface area contributed by atoms with E-state index in [0.29, 0.717) is 15.7 Å². The normalized spacial score (nSPS) is 11.1. The fourth-order valence-electron chi connectivity index (χ4n) is 1.99. The Hall–Kier alpha value is -2.18. The third-order valence-electron chi connectivity index (χ3n) is 2.84. The van der Waals surface area contributed by atoms with Crippen LogP contribution in [0.5, 0.6) is 5.88 Å². The van der Waals surface area contributed by atoms with Crippen molar-refractivity contribution in [2.45, 2.75) is 0 Å². The van der Waals surface area contributed by atoms with Gasteiger partial charge in [-0.3, -0.25) is 9.78 Å². The summed E-state index contributed by atoms with van der Waals surface area (Å²) in [6, 6.07) is 6.26. The van der Waals surface area contributed by atoms with E-state index in [2.05, 4.69) is 10.1 Å². The lowest BCUT2D eigenvalue weighted by Crippen LogP contribution is -2.08. The molecule has 0 aliphatic heterocycles. The van der Waals surface area contributed by atoms with Gasteiger partial charge in [0.15, 0.2) is 5.88 Å². The Morgan fingerprint density at radius 2 is 1.95 bits per heavy atom. The topological polar surface area (TPSA) is 96.9 Å². The molecule has 0 fully saturated rings. The Morgan fingerprint density at radius 3 is 2.60 bits per heavy atom. The Kier molecular flexibility index (Phi) is 2.84. The summed E-state index contributed by atoms with van der Waals surface area (Å²) in [6.07, 6.45) is 0. The van der Waals surface area contributed by atoms with Crippen LogP contribution in [0.4, 0.5) is 5.82 Å². The number of hydrogen-bond donors (Lipinski definition) is 3. The lowest BCUT2D eigenvalue weighted by Gasteiger charge is -2.08. The molecule has 0 aliphatic rings. The van der Waals surface area contributed by atoms with Gasteiger partial charge in [-0.05, 0) is 12.1 Å². The zero-order chi connectivity index (χ0) is 14.4. The van der Waals surface area contributed by atoms with Crippen LogP contribution >= 0.6 is 23.2 Å². The first-order valence-corrected chi connectivity index (χ1v) is 6.29. The molecule has 0 spiro atoms. The number of anilines is 1. The average molecular weight is 311 g/mol. The summed E-state index contributed by atoms with van der Waals surface area (Å²) in [5.74, 6) is -0.200. The van der Waals surface area contributed by atoms with E-state index in [1.165, 1.54) is 10.7 Å². The molecule has 0 bridgehead atoms. The summed E-state index contributed by atoms with van der Waals surface area (Å²) in [7, 11) is 0. The third-order valence-corrected chi connectivity index (χ3v) is 3.45. The maximum absolute atomic E-state index is 11.8. The minimum atomic E-state index is -0.535. The number of aromatic hydroxyl groups is 1. The van der Waals surface area contributed by atoms with E-state index in [-0.39, 0.29) is 22.6 Å². The van der Waals surface area contributed by atoms with Crippen LogP contribution in [0.2, 0.25) is 10.0 Å². The summed E-state index contributed by atoms with van der Waals surface area (Å²) in [4.78, 5) is 14.1. The molecule has 0 aliphatic carbocycles. The van der Waals surface area contributed by atoms with Crippen molar-refractivity contribution >= 4 is 39.9 Å². The number of halogens is 2. The molecule has 4 N–H and O–H groups in total. The van der Waals surface area contributed by atoms with E-state index in [1.807, 2.05) is 0 Å². The molecule has 0 atom stereocenters. The number of aromatic nitrogens is 3. The highest BCUT2D eigenvalue weighted by Gasteiger charge is 2.17. The number of hydrogen-bond acceptors (Lipinski definition) is 4. The van der Waals surface area contributed by atoms with Crippen LogP contribution in [0.15, 0.2) is 29.1 Å². The molecule has 0 radical (unpaired) electrons. The summed E-state index contributed by atoms with van der Waals surface area (Å²) < 4.78 is 1.28.